The molecule has 1 N–H and O–H groups in total. The second kappa shape index (κ2) is 8.27. The van der Waals surface area contributed by atoms with E-state index in [9.17, 15) is 9.59 Å². The molecule has 1 fully saturated rings. The van der Waals surface area contributed by atoms with Crippen LogP contribution in [0.2, 0.25) is 0 Å². The molecule has 8 nitrogen and oxygen atoms in total. The second-order valence-corrected chi connectivity index (χ2v) is 9.63. The van der Waals surface area contributed by atoms with Crippen LogP contribution in [-0.4, -0.2) is 49.6 Å². The summed E-state index contributed by atoms with van der Waals surface area (Å²) in [5.41, 5.74) is 2.07. The summed E-state index contributed by atoms with van der Waals surface area (Å²) in [5.74, 6) is 0.752. The van der Waals surface area contributed by atoms with Gasteiger partial charge in [0, 0.05) is 37.5 Å². The van der Waals surface area contributed by atoms with E-state index in [0.29, 0.717) is 24.6 Å². The third-order valence-corrected chi connectivity index (χ3v) is 7.30. The van der Waals surface area contributed by atoms with Crippen molar-refractivity contribution in [2.75, 3.05) is 18.4 Å². The molecule has 3 aromatic heterocycles. The summed E-state index contributed by atoms with van der Waals surface area (Å²) in [5, 5.41) is 10.8. The van der Waals surface area contributed by atoms with E-state index in [1.807, 2.05) is 31.7 Å². The van der Waals surface area contributed by atoms with E-state index in [4.69, 9.17) is 0 Å². The van der Waals surface area contributed by atoms with Gasteiger partial charge in [-0.05, 0) is 33.6 Å². The van der Waals surface area contributed by atoms with Crippen LogP contribution < -0.4 is 5.32 Å². The van der Waals surface area contributed by atoms with Crippen LogP contribution in [0.5, 0.6) is 0 Å². The Kier molecular flexibility index (Phi) is 5.70. The van der Waals surface area contributed by atoms with Gasteiger partial charge in [0.15, 0.2) is 0 Å². The Morgan fingerprint density at radius 1 is 1.17 bits per heavy atom. The summed E-state index contributed by atoms with van der Waals surface area (Å²) in [6.07, 6.45) is 1.69. The Bertz CT molecular complexity index is 1090. The monoisotopic (exact) mass is 444 g/mol. The van der Waals surface area contributed by atoms with Gasteiger partial charge in [-0.2, -0.15) is 5.10 Å². The second-order valence-electron chi connectivity index (χ2n) is 7.53. The first-order chi connectivity index (χ1) is 14.3. The molecule has 1 aliphatic rings. The Morgan fingerprint density at radius 2 is 1.90 bits per heavy atom. The van der Waals surface area contributed by atoms with Gasteiger partial charge in [0.2, 0.25) is 0 Å². The highest BCUT2D eigenvalue weighted by Crippen LogP contribution is 2.32. The maximum atomic E-state index is 12.8. The van der Waals surface area contributed by atoms with Crippen molar-refractivity contribution in [2.24, 2.45) is 7.05 Å². The van der Waals surface area contributed by atoms with Crippen molar-refractivity contribution in [3.05, 3.63) is 43.4 Å². The van der Waals surface area contributed by atoms with Crippen LogP contribution in [0, 0.1) is 20.8 Å². The molecule has 30 heavy (non-hydrogen) atoms. The van der Waals surface area contributed by atoms with Gasteiger partial charge in [-0.3, -0.25) is 14.3 Å². The number of amides is 2. The smallest absolute Gasteiger partial charge is 0.276 e. The minimum atomic E-state index is -0.232. The molecule has 3 aromatic rings. The quantitative estimate of drug-likeness (QED) is 0.664. The molecule has 0 atom stereocenters. The van der Waals surface area contributed by atoms with E-state index in [1.54, 1.807) is 17.1 Å². The maximum absolute atomic E-state index is 12.8. The number of likely N-dealkylation sites (tertiary alicyclic amines) is 1. The van der Waals surface area contributed by atoms with Crippen molar-refractivity contribution < 1.29 is 9.59 Å². The third-order valence-electron chi connectivity index (χ3n) is 5.23. The van der Waals surface area contributed by atoms with E-state index >= 15 is 0 Å². The number of hydrogen-bond donors (Lipinski definition) is 1. The molecule has 158 valence electrons. The summed E-state index contributed by atoms with van der Waals surface area (Å²) < 4.78 is 1.64. The topological polar surface area (TPSA) is 93.0 Å². The van der Waals surface area contributed by atoms with Crippen molar-refractivity contribution in [3.8, 4) is 0 Å². The van der Waals surface area contributed by atoms with Gasteiger partial charge in [0.05, 0.1) is 21.4 Å². The summed E-state index contributed by atoms with van der Waals surface area (Å²) in [6.45, 7) is 7.07. The van der Waals surface area contributed by atoms with E-state index in [0.717, 1.165) is 39.1 Å². The molecule has 1 saturated heterocycles. The number of nitrogens with one attached hydrogen (secondary N) is 1. The number of carbonyl (C=O) groups excluding carboxylic acids is 2. The fraction of sp³-hybridized carbons (Fsp3) is 0.450. The van der Waals surface area contributed by atoms with Crippen LogP contribution >= 0.6 is 22.7 Å². The zero-order valence-corrected chi connectivity index (χ0v) is 19.1. The summed E-state index contributed by atoms with van der Waals surface area (Å²) in [7, 11) is 1.79. The normalized spacial score (nSPS) is 14.9. The molecule has 0 aromatic carbocycles. The lowest BCUT2D eigenvalue weighted by atomic mass is 9.97. The third kappa shape index (κ3) is 4.15. The minimum absolute atomic E-state index is 0.0715. The van der Waals surface area contributed by atoms with Crippen molar-refractivity contribution in [2.45, 2.75) is 39.5 Å². The summed E-state index contributed by atoms with van der Waals surface area (Å²) >= 11 is 2.97. The molecule has 4 rings (SSSR count). The first kappa shape index (κ1) is 20.7. The molecule has 4 heterocycles. The van der Waals surface area contributed by atoms with Crippen LogP contribution in [0.3, 0.4) is 0 Å². The summed E-state index contributed by atoms with van der Waals surface area (Å²) in [6, 6.07) is 1.82. The highest BCUT2D eigenvalue weighted by atomic mass is 32.1. The number of aromatic nitrogens is 4. The first-order valence-corrected chi connectivity index (χ1v) is 11.5. The highest BCUT2D eigenvalue weighted by molar-refractivity contribution is 7.13. The molecule has 0 aliphatic carbocycles. The molecular formula is C20H24N6O2S2. The minimum Gasteiger partial charge on any atom is -0.338 e. The fourth-order valence-electron chi connectivity index (χ4n) is 3.69. The van der Waals surface area contributed by atoms with Crippen molar-refractivity contribution in [1.29, 1.82) is 0 Å². The number of carbonyl (C=O) groups is 2. The van der Waals surface area contributed by atoms with E-state index in [-0.39, 0.29) is 17.7 Å². The lowest BCUT2D eigenvalue weighted by Crippen LogP contribution is -2.37. The SMILES string of the molecule is Cc1cc(NC(=O)c2csc(C3CCN(C(=O)c4sc(C)nc4C)CC3)n2)n(C)n1. The number of anilines is 1. The van der Waals surface area contributed by atoms with Crippen LogP contribution in [0.15, 0.2) is 11.4 Å². The van der Waals surface area contributed by atoms with Crippen LogP contribution in [0.25, 0.3) is 0 Å². The van der Waals surface area contributed by atoms with Crippen LogP contribution in [-0.2, 0) is 7.05 Å². The standard InChI is InChI=1S/C20H24N6O2S2/c1-11-9-16(25(4)24-11)23-18(27)15-10-29-19(22-15)14-5-7-26(8-6-14)20(28)17-12(2)21-13(3)30-17/h9-10,14H,5-8H2,1-4H3,(H,23,27). The van der Waals surface area contributed by atoms with Crippen LogP contribution in [0.1, 0.15) is 60.3 Å². The maximum Gasteiger partial charge on any atom is 0.276 e. The highest BCUT2D eigenvalue weighted by Gasteiger charge is 2.28. The molecule has 0 radical (unpaired) electrons. The van der Waals surface area contributed by atoms with E-state index in [2.05, 4.69) is 20.4 Å². The molecular weight excluding hydrogens is 420 g/mol. The Morgan fingerprint density at radius 3 is 2.50 bits per heavy atom. The van der Waals surface area contributed by atoms with Gasteiger partial charge in [-0.1, -0.05) is 0 Å². The Hall–Kier alpha value is -2.59. The lowest BCUT2D eigenvalue weighted by Gasteiger charge is -2.30. The lowest BCUT2D eigenvalue weighted by molar-refractivity contribution is 0.0717. The van der Waals surface area contributed by atoms with E-state index in [1.165, 1.54) is 22.7 Å². The van der Waals surface area contributed by atoms with Gasteiger partial charge in [0.25, 0.3) is 11.8 Å². The molecule has 10 heteroatoms. The van der Waals surface area contributed by atoms with Gasteiger partial charge in [0.1, 0.15) is 16.4 Å². The number of thiazole rings is 2. The van der Waals surface area contributed by atoms with Crippen molar-refractivity contribution in [1.82, 2.24) is 24.6 Å². The van der Waals surface area contributed by atoms with Gasteiger partial charge in [-0.15, -0.1) is 22.7 Å². The van der Waals surface area contributed by atoms with Crippen LogP contribution in [0.4, 0.5) is 5.82 Å². The fourth-order valence-corrected chi connectivity index (χ4v) is 5.55. The number of hydrogen-bond acceptors (Lipinski definition) is 7. The van der Waals surface area contributed by atoms with Gasteiger partial charge in [-0.25, -0.2) is 9.97 Å². The average Bonchev–Trinajstić information content (AvgIpc) is 3.40. The van der Waals surface area contributed by atoms with Gasteiger partial charge < -0.3 is 10.2 Å². The number of nitrogens with zero attached hydrogens (tertiary/aromatic N) is 5. The first-order valence-electron chi connectivity index (χ1n) is 9.82. The summed E-state index contributed by atoms with van der Waals surface area (Å²) in [4.78, 5) is 36.9. The van der Waals surface area contributed by atoms with Crippen molar-refractivity contribution in [3.63, 3.8) is 0 Å². The molecule has 0 unspecified atom stereocenters. The molecule has 1 aliphatic heterocycles. The largest absolute Gasteiger partial charge is 0.338 e. The predicted octanol–water partition coefficient (Wildman–Crippen LogP) is 3.53. The molecule has 0 saturated carbocycles. The molecule has 0 bridgehead atoms. The molecule has 2 amide bonds. The number of aryl methyl sites for hydroxylation is 4. The average molecular weight is 445 g/mol. The predicted molar refractivity (Wildman–Crippen MR) is 117 cm³/mol. The Balaban J connectivity index is 1.37. The van der Waals surface area contributed by atoms with Gasteiger partial charge >= 0.3 is 0 Å². The number of rotatable bonds is 4. The zero-order valence-electron chi connectivity index (χ0n) is 17.4. The molecule has 0 spiro atoms. The van der Waals surface area contributed by atoms with E-state index < -0.39 is 0 Å². The zero-order chi connectivity index (χ0) is 21.4. The number of piperidine rings is 1. The Labute approximate surface area is 183 Å². The van der Waals surface area contributed by atoms with Crippen molar-refractivity contribution >= 4 is 40.3 Å².